The summed E-state index contributed by atoms with van der Waals surface area (Å²) >= 11 is 9.73. The average molecular weight is 355 g/mol. The Labute approximate surface area is 132 Å². The molecule has 0 aliphatic rings. The molecule has 0 atom stereocenters. The predicted molar refractivity (Wildman–Crippen MR) is 88.4 cm³/mol. The fraction of sp³-hybridized carbons (Fsp3) is 0.333. The average Bonchev–Trinajstić information content (AvgIpc) is 2.40. The van der Waals surface area contributed by atoms with Crippen molar-refractivity contribution < 1.29 is 0 Å². The number of hydrogen-bond donors (Lipinski definition) is 1. The second-order valence-corrected chi connectivity index (χ2v) is 6.91. The van der Waals surface area contributed by atoms with Gasteiger partial charge in [-0.15, -0.1) is 0 Å². The third-order valence-electron chi connectivity index (χ3n) is 2.92. The highest BCUT2D eigenvalue weighted by molar-refractivity contribution is 9.10. The minimum absolute atomic E-state index is 0.0538. The van der Waals surface area contributed by atoms with Crippen molar-refractivity contribution >= 4 is 33.3 Å². The van der Waals surface area contributed by atoms with Gasteiger partial charge in [-0.2, -0.15) is 0 Å². The number of aromatic nitrogens is 2. The molecule has 106 valence electrons. The fourth-order valence-corrected chi connectivity index (χ4v) is 2.31. The Bertz CT molecular complexity index is 636. The maximum Gasteiger partial charge on any atom is 0.163 e. The molecule has 1 aromatic heterocycles. The van der Waals surface area contributed by atoms with E-state index < -0.39 is 0 Å². The van der Waals surface area contributed by atoms with Gasteiger partial charge in [0.05, 0.1) is 10.7 Å². The first kappa shape index (κ1) is 15.3. The van der Waals surface area contributed by atoms with Crippen LogP contribution in [0, 0.1) is 0 Å². The number of rotatable bonds is 2. The van der Waals surface area contributed by atoms with Crippen LogP contribution < -0.4 is 5.32 Å². The highest BCUT2D eigenvalue weighted by Crippen LogP contribution is 2.31. The number of anilines is 1. The molecule has 1 heterocycles. The standard InChI is InChI=1S/C15H17BrClN3/c1-15(2,3)12-8-13(18-4)20-14(19-12)10-7-9(16)5-6-11(10)17/h5-8H,1-4H3,(H,18,19,20). The molecule has 0 bridgehead atoms. The molecular weight excluding hydrogens is 338 g/mol. The lowest BCUT2D eigenvalue weighted by Crippen LogP contribution is -2.15. The Hall–Kier alpha value is -1.13. The normalized spacial score (nSPS) is 11.5. The lowest BCUT2D eigenvalue weighted by Gasteiger charge is -2.19. The van der Waals surface area contributed by atoms with Crippen molar-refractivity contribution in [2.24, 2.45) is 0 Å². The molecule has 0 radical (unpaired) electrons. The largest absolute Gasteiger partial charge is 0.373 e. The molecule has 0 aliphatic carbocycles. The lowest BCUT2D eigenvalue weighted by atomic mass is 9.92. The number of nitrogens with zero attached hydrogens (tertiary/aromatic N) is 2. The van der Waals surface area contributed by atoms with Gasteiger partial charge >= 0.3 is 0 Å². The van der Waals surface area contributed by atoms with Crippen LogP contribution in [-0.2, 0) is 5.41 Å². The van der Waals surface area contributed by atoms with Crippen LogP contribution in [0.1, 0.15) is 26.5 Å². The van der Waals surface area contributed by atoms with Crippen molar-refractivity contribution in [1.82, 2.24) is 9.97 Å². The number of nitrogens with one attached hydrogen (secondary N) is 1. The molecule has 0 unspecified atom stereocenters. The van der Waals surface area contributed by atoms with Gasteiger partial charge in [0.15, 0.2) is 5.82 Å². The van der Waals surface area contributed by atoms with E-state index in [1.165, 1.54) is 0 Å². The Morgan fingerprint density at radius 2 is 1.85 bits per heavy atom. The molecule has 1 aromatic carbocycles. The van der Waals surface area contributed by atoms with E-state index in [1.54, 1.807) is 0 Å². The van der Waals surface area contributed by atoms with Crippen molar-refractivity contribution in [2.45, 2.75) is 26.2 Å². The number of hydrogen-bond acceptors (Lipinski definition) is 3. The van der Waals surface area contributed by atoms with Gasteiger partial charge in [0.1, 0.15) is 5.82 Å². The zero-order valence-corrected chi connectivity index (χ0v) is 14.3. The van der Waals surface area contributed by atoms with E-state index in [1.807, 2.05) is 31.3 Å². The molecule has 3 nitrogen and oxygen atoms in total. The molecule has 20 heavy (non-hydrogen) atoms. The van der Waals surface area contributed by atoms with Crippen LogP contribution in [0.2, 0.25) is 5.02 Å². The maximum atomic E-state index is 6.27. The van der Waals surface area contributed by atoms with E-state index in [4.69, 9.17) is 11.6 Å². The summed E-state index contributed by atoms with van der Waals surface area (Å²) < 4.78 is 0.952. The van der Waals surface area contributed by atoms with Crippen LogP contribution in [0.25, 0.3) is 11.4 Å². The van der Waals surface area contributed by atoms with Crippen molar-refractivity contribution in [3.8, 4) is 11.4 Å². The first-order chi connectivity index (χ1) is 9.31. The van der Waals surface area contributed by atoms with E-state index in [0.29, 0.717) is 10.8 Å². The van der Waals surface area contributed by atoms with Gasteiger partial charge in [0.25, 0.3) is 0 Å². The molecule has 0 fully saturated rings. The van der Waals surface area contributed by atoms with Gasteiger partial charge in [0.2, 0.25) is 0 Å². The fourth-order valence-electron chi connectivity index (χ4n) is 1.75. The van der Waals surface area contributed by atoms with Crippen LogP contribution >= 0.6 is 27.5 Å². The van der Waals surface area contributed by atoms with Crippen molar-refractivity contribution in [2.75, 3.05) is 12.4 Å². The highest BCUT2D eigenvalue weighted by Gasteiger charge is 2.19. The van der Waals surface area contributed by atoms with E-state index in [0.717, 1.165) is 21.5 Å². The molecule has 2 aromatic rings. The first-order valence-corrected chi connectivity index (χ1v) is 7.51. The zero-order chi connectivity index (χ0) is 14.9. The second kappa shape index (κ2) is 5.70. The van der Waals surface area contributed by atoms with Crippen molar-refractivity contribution in [1.29, 1.82) is 0 Å². The second-order valence-electron chi connectivity index (χ2n) is 5.59. The molecule has 0 saturated heterocycles. The third kappa shape index (κ3) is 3.30. The summed E-state index contributed by atoms with van der Waals surface area (Å²) in [6.45, 7) is 6.38. The topological polar surface area (TPSA) is 37.8 Å². The summed E-state index contributed by atoms with van der Waals surface area (Å²) in [6, 6.07) is 7.64. The molecular formula is C15H17BrClN3. The van der Waals surface area contributed by atoms with Crippen LogP contribution in [0.3, 0.4) is 0 Å². The SMILES string of the molecule is CNc1cc(C(C)(C)C)nc(-c2cc(Br)ccc2Cl)n1. The van der Waals surface area contributed by atoms with Crippen LogP contribution in [-0.4, -0.2) is 17.0 Å². The summed E-state index contributed by atoms with van der Waals surface area (Å²) in [5.41, 5.74) is 1.74. The summed E-state index contributed by atoms with van der Waals surface area (Å²) in [6.07, 6.45) is 0. The maximum absolute atomic E-state index is 6.27. The monoisotopic (exact) mass is 353 g/mol. The molecule has 0 saturated carbocycles. The molecule has 1 N–H and O–H groups in total. The minimum Gasteiger partial charge on any atom is -0.373 e. The number of benzene rings is 1. The molecule has 0 spiro atoms. The van der Waals surface area contributed by atoms with Gasteiger partial charge in [-0.3, -0.25) is 0 Å². The van der Waals surface area contributed by atoms with Gasteiger partial charge in [-0.05, 0) is 18.2 Å². The number of halogens is 2. The van der Waals surface area contributed by atoms with Crippen LogP contribution in [0.4, 0.5) is 5.82 Å². The molecule has 5 heteroatoms. The van der Waals surface area contributed by atoms with Gasteiger partial charge in [-0.25, -0.2) is 9.97 Å². The highest BCUT2D eigenvalue weighted by atomic mass is 79.9. The van der Waals surface area contributed by atoms with E-state index in [-0.39, 0.29) is 5.41 Å². The van der Waals surface area contributed by atoms with Gasteiger partial charge < -0.3 is 5.32 Å². The molecule has 2 rings (SSSR count). The van der Waals surface area contributed by atoms with Crippen molar-refractivity contribution in [3.05, 3.63) is 39.5 Å². The lowest BCUT2D eigenvalue weighted by molar-refractivity contribution is 0.568. The summed E-state index contributed by atoms with van der Waals surface area (Å²) in [4.78, 5) is 9.18. The summed E-state index contributed by atoms with van der Waals surface area (Å²) in [7, 11) is 1.85. The Morgan fingerprint density at radius 1 is 1.15 bits per heavy atom. The van der Waals surface area contributed by atoms with Gasteiger partial charge in [-0.1, -0.05) is 48.3 Å². The molecule has 0 amide bonds. The van der Waals surface area contributed by atoms with Gasteiger partial charge in [0, 0.05) is 28.6 Å². The van der Waals surface area contributed by atoms with Crippen molar-refractivity contribution in [3.63, 3.8) is 0 Å². The zero-order valence-electron chi connectivity index (χ0n) is 12.0. The minimum atomic E-state index is -0.0538. The Kier molecular flexibility index (Phi) is 4.35. The van der Waals surface area contributed by atoms with Crippen LogP contribution in [0.5, 0.6) is 0 Å². The smallest absolute Gasteiger partial charge is 0.163 e. The third-order valence-corrected chi connectivity index (χ3v) is 3.74. The summed E-state index contributed by atoms with van der Waals surface area (Å²) in [5, 5.41) is 3.72. The van der Waals surface area contributed by atoms with E-state index >= 15 is 0 Å². The quantitative estimate of drug-likeness (QED) is 0.833. The summed E-state index contributed by atoms with van der Waals surface area (Å²) in [5.74, 6) is 1.42. The van der Waals surface area contributed by atoms with E-state index in [9.17, 15) is 0 Å². The van der Waals surface area contributed by atoms with E-state index in [2.05, 4.69) is 52.0 Å². The Morgan fingerprint density at radius 3 is 2.45 bits per heavy atom. The predicted octanol–water partition coefficient (Wildman–Crippen LogP) is 4.90. The Balaban J connectivity index is 2.64. The molecule has 0 aliphatic heterocycles. The van der Waals surface area contributed by atoms with Crippen LogP contribution in [0.15, 0.2) is 28.7 Å². The first-order valence-electron chi connectivity index (χ1n) is 6.34.